The fourth-order valence-corrected chi connectivity index (χ4v) is 3.25. The van der Waals surface area contributed by atoms with Gasteiger partial charge in [0.25, 0.3) is 0 Å². The molecule has 0 saturated heterocycles. The van der Waals surface area contributed by atoms with Crippen LogP contribution in [-0.4, -0.2) is 26.7 Å². The summed E-state index contributed by atoms with van der Waals surface area (Å²) in [6.07, 6.45) is 1.35. The van der Waals surface area contributed by atoms with Crippen molar-refractivity contribution in [3.63, 3.8) is 0 Å². The van der Waals surface area contributed by atoms with Crippen molar-refractivity contribution in [3.8, 4) is 11.5 Å². The van der Waals surface area contributed by atoms with Gasteiger partial charge in [0.1, 0.15) is 11.5 Å². The van der Waals surface area contributed by atoms with Crippen molar-refractivity contribution < 1.29 is 18.3 Å². The summed E-state index contributed by atoms with van der Waals surface area (Å²) in [6.45, 7) is 2.75. The van der Waals surface area contributed by atoms with E-state index in [9.17, 15) is 13.5 Å². The van der Waals surface area contributed by atoms with Gasteiger partial charge in [-0.05, 0) is 61.7 Å². The Bertz CT molecular complexity index is 727. The van der Waals surface area contributed by atoms with Gasteiger partial charge in [0.2, 0.25) is 10.0 Å². The van der Waals surface area contributed by atoms with Crippen LogP contribution in [0.4, 0.5) is 0 Å². The van der Waals surface area contributed by atoms with E-state index in [1.807, 2.05) is 13.0 Å². The molecule has 0 radical (unpaired) electrons. The molecule has 0 unspecified atom stereocenters. The van der Waals surface area contributed by atoms with E-state index >= 15 is 0 Å². The molecule has 2 rings (SSSR count). The largest absolute Gasteiger partial charge is 0.508 e. The fourth-order valence-electron chi connectivity index (χ4n) is 2.18. The first-order valence-electron chi connectivity index (χ1n) is 7.51. The molecule has 0 aliphatic heterocycles. The monoisotopic (exact) mass is 335 g/mol. The van der Waals surface area contributed by atoms with Crippen molar-refractivity contribution in [2.75, 3.05) is 13.2 Å². The molecule has 0 spiro atoms. The van der Waals surface area contributed by atoms with Gasteiger partial charge in [-0.3, -0.25) is 0 Å². The van der Waals surface area contributed by atoms with Crippen LogP contribution in [0.5, 0.6) is 11.5 Å². The summed E-state index contributed by atoms with van der Waals surface area (Å²) in [5, 5.41) is 9.39. The average molecular weight is 335 g/mol. The van der Waals surface area contributed by atoms with Crippen molar-refractivity contribution in [1.82, 2.24) is 4.72 Å². The SMILES string of the molecule is CCOc1ccc(S(=O)(=O)NCCCc2cccc(O)c2)cc1. The molecular formula is C17H21NO4S. The van der Waals surface area contributed by atoms with Crippen LogP contribution in [0.25, 0.3) is 0 Å². The third kappa shape index (κ3) is 5.26. The summed E-state index contributed by atoms with van der Waals surface area (Å²) >= 11 is 0. The highest BCUT2D eigenvalue weighted by Crippen LogP contribution is 2.16. The molecule has 124 valence electrons. The van der Waals surface area contributed by atoms with E-state index in [-0.39, 0.29) is 10.6 Å². The Balaban J connectivity index is 1.86. The molecule has 0 amide bonds. The maximum absolute atomic E-state index is 12.2. The van der Waals surface area contributed by atoms with E-state index in [1.165, 1.54) is 12.1 Å². The van der Waals surface area contributed by atoms with E-state index in [1.54, 1.807) is 30.3 Å². The van der Waals surface area contributed by atoms with Crippen LogP contribution >= 0.6 is 0 Å². The quantitative estimate of drug-likeness (QED) is 0.727. The van der Waals surface area contributed by atoms with Crippen molar-refractivity contribution in [2.45, 2.75) is 24.7 Å². The number of sulfonamides is 1. The van der Waals surface area contributed by atoms with E-state index in [4.69, 9.17) is 4.74 Å². The Morgan fingerprint density at radius 2 is 1.87 bits per heavy atom. The lowest BCUT2D eigenvalue weighted by Gasteiger charge is -2.08. The number of benzene rings is 2. The lowest BCUT2D eigenvalue weighted by atomic mass is 10.1. The van der Waals surface area contributed by atoms with E-state index < -0.39 is 10.0 Å². The predicted molar refractivity (Wildman–Crippen MR) is 89.2 cm³/mol. The standard InChI is InChI=1S/C17H21NO4S/c1-2-22-16-8-10-17(11-9-16)23(20,21)18-12-4-6-14-5-3-7-15(19)13-14/h3,5,7-11,13,18-19H,2,4,6,12H2,1H3. The maximum Gasteiger partial charge on any atom is 0.240 e. The molecule has 0 aromatic heterocycles. The number of hydrogen-bond acceptors (Lipinski definition) is 4. The molecule has 2 aromatic carbocycles. The Hall–Kier alpha value is -2.05. The van der Waals surface area contributed by atoms with Gasteiger partial charge in [0.15, 0.2) is 0 Å². The van der Waals surface area contributed by atoms with Crippen molar-refractivity contribution in [1.29, 1.82) is 0 Å². The summed E-state index contributed by atoms with van der Waals surface area (Å²) < 4.78 is 32.2. The van der Waals surface area contributed by atoms with Gasteiger partial charge in [-0.1, -0.05) is 12.1 Å². The van der Waals surface area contributed by atoms with Crippen molar-refractivity contribution >= 4 is 10.0 Å². The first kappa shape index (κ1) is 17.3. The van der Waals surface area contributed by atoms with E-state index in [0.29, 0.717) is 31.7 Å². The second kappa shape index (κ2) is 7.99. The summed E-state index contributed by atoms with van der Waals surface area (Å²) in [5.41, 5.74) is 0.977. The number of rotatable bonds is 8. The maximum atomic E-state index is 12.2. The second-order valence-corrected chi connectivity index (χ2v) is 6.84. The molecule has 0 heterocycles. The zero-order valence-corrected chi connectivity index (χ0v) is 13.8. The van der Waals surface area contributed by atoms with Crippen LogP contribution < -0.4 is 9.46 Å². The van der Waals surface area contributed by atoms with Crippen molar-refractivity contribution in [2.24, 2.45) is 0 Å². The topological polar surface area (TPSA) is 75.6 Å². The van der Waals surface area contributed by atoms with Gasteiger partial charge in [-0.25, -0.2) is 13.1 Å². The van der Waals surface area contributed by atoms with Gasteiger partial charge in [0, 0.05) is 6.54 Å². The Morgan fingerprint density at radius 3 is 2.52 bits per heavy atom. The highest BCUT2D eigenvalue weighted by molar-refractivity contribution is 7.89. The van der Waals surface area contributed by atoms with Crippen LogP contribution in [0.15, 0.2) is 53.4 Å². The summed E-state index contributed by atoms with van der Waals surface area (Å²) in [5.74, 6) is 0.868. The number of ether oxygens (including phenoxy) is 1. The van der Waals surface area contributed by atoms with Crippen LogP contribution in [-0.2, 0) is 16.4 Å². The number of nitrogens with one attached hydrogen (secondary N) is 1. The van der Waals surface area contributed by atoms with Crippen LogP contribution in [0.3, 0.4) is 0 Å². The minimum atomic E-state index is -3.51. The molecule has 0 aliphatic rings. The minimum Gasteiger partial charge on any atom is -0.508 e. The molecule has 2 N–H and O–H groups in total. The second-order valence-electron chi connectivity index (χ2n) is 5.08. The average Bonchev–Trinajstić information content (AvgIpc) is 2.53. The molecule has 0 bridgehead atoms. The number of hydrogen-bond donors (Lipinski definition) is 2. The zero-order chi connectivity index (χ0) is 16.7. The normalized spacial score (nSPS) is 11.3. The Morgan fingerprint density at radius 1 is 1.13 bits per heavy atom. The fraction of sp³-hybridized carbons (Fsp3) is 0.294. The van der Waals surface area contributed by atoms with Crippen LogP contribution in [0.2, 0.25) is 0 Å². The van der Waals surface area contributed by atoms with Gasteiger partial charge >= 0.3 is 0 Å². The molecule has 0 saturated carbocycles. The number of phenolic OH excluding ortho intramolecular Hbond substituents is 1. The lowest BCUT2D eigenvalue weighted by molar-refractivity contribution is 0.340. The number of aryl methyl sites for hydroxylation is 1. The zero-order valence-electron chi connectivity index (χ0n) is 13.0. The van der Waals surface area contributed by atoms with Gasteiger partial charge in [-0.15, -0.1) is 0 Å². The Labute approximate surface area is 137 Å². The smallest absolute Gasteiger partial charge is 0.240 e. The minimum absolute atomic E-state index is 0.220. The summed E-state index contributed by atoms with van der Waals surface area (Å²) in [7, 11) is -3.51. The third-order valence-corrected chi connectivity index (χ3v) is 4.77. The van der Waals surface area contributed by atoms with Gasteiger partial charge in [-0.2, -0.15) is 0 Å². The third-order valence-electron chi connectivity index (χ3n) is 3.29. The number of aromatic hydroxyl groups is 1. The lowest BCUT2D eigenvalue weighted by Crippen LogP contribution is -2.25. The van der Waals surface area contributed by atoms with E-state index in [2.05, 4.69) is 4.72 Å². The molecule has 23 heavy (non-hydrogen) atoms. The highest BCUT2D eigenvalue weighted by Gasteiger charge is 2.13. The number of phenols is 1. The predicted octanol–water partition coefficient (Wildman–Crippen LogP) is 2.70. The van der Waals surface area contributed by atoms with Gasteiger partial charge in [0.05, 0.1) is 11.5 Å². The Kier molecular flexibility index (Phi) is 6.01. The molecule has 6 heteroatoms. The van der Waals surface area contributed by atoms with Crippen LogP contribution in [0, 0.1) is 0 Å². The molecule has 2 aromatic rings. The van der Waals surface area contributed by atoms with E-state index in [0.717, 1.165) is 5.56 Å². The molecule has 0 aliphatic carbocycles. The van der Waals surface area contributed by atoms with Gasteiger partial charge < -0.3 is 9.84 Å². The summed E-state index contributed by atoms with van der Waals surface area (Å²) in [6, 6.07) is 13.3. The molecule has 5 nitrogen and oxygen atoms in total. The van der Waals surface area contributed by atoms with Crippen LogP contribution in [0.1, 0.15) is 18.9 Å². The molecule has 0 atom stereocenters. The van der Waals surface area contributed by atoms with Crippen molar-refractivity contribution in [3.05, 3.63) is 54.1 Å². The first-order chi connectivity index (χ1) is 11.0. The molecule has 0 fully saturated rings. The molecular weight excluding hydrogens is 314 g/mol. The summed E-state index contributed by atoms with van der Waals surface area (Å²) in [4.78, 5) is 0.221. The first-order valence-corrected chi connectivity index (χ1v) is 9.00. The highest BCUT2D eigenvalue weighted by atomic mass is 32.2.